The number of ether oxygens (including phenoxy) is 1. The Morgan fingerprint density at radius 1 is 1.14 bits per heavy atom. The molecule has 3 rings (SSSR count). The monoisotopic (exact) mass is 408 g/mol. The van der Waals surface area contributed by atoms with Crippen molar-refractivity contribution in [1.29, 1.82) is 0 Å². The van der Waals surface area contributed by atoms with E-state index in [1.54, 1.807) is 24.1 Å². The Bertz CT molecular complexity index is 982. The molecule has 0 saturated carbocycles. The molecule has 1 atom stereocenters. The second-order valence-corrected chi connectivity index (χ2v) is 7.90. The minimum Gasteiger partial charge on any atom is -0.384 e. The quantitative estimate of drug-likeness (QED) is 0.519. The van der Waals surface area contributed by atoms with Crippen molar-refractivity contribution in [2.75, 3.05) is 19.0 Å². The molecule has 6 heteroatoms. The van der Waals surface area contributed by atoms with Crippen molar-refractivity contribution in [3.05, 3.63) is 70.2 Å². The zero-order chi connectivity index (χ0) is 20.8. The highest BCUT2D eigenvalue weighted by atomic mass is 32.1. The van der Waals surface area contributed by atoms with Crippen molar-refractivity contribution >= 4 is 28.7 Å². The molecule has 29 heavy (non-hydrogen) atoms. The minimum absolute atomic E-state index is 0.0210. The Labute approximate surface area is 174 Å². The van der Waals surface area contributed by atoms with E-state index in [1.807, 2.05) is 50.2 Å². The first-order valence-electron chi connectivity index (χ1n) is 9.40. The fourth-order valence-electron chi connectivity index (χ4n) is 3.07. The van der Waals surface area contributed by atoms with Gasteiger partial charge in [-0.05, 0) is 42.2 Å². The van der Waals surface area contributed by atoms with Gasteiger partial charge in [-0.15, -0.1) is 11.3 Å². The number of ketones is 1. The van der Waals surface area contributed by atoms with E-state index >= 15 is 0 Å². The van der Waals surface area contributed by atoms with Gasteiger partial charge in [0.15, 0.2) is 5.78 Å². The number of anilines is 1. The molecule has 150 valence electrons. The van der Waals surface area contributed by atoms with E-state index in [1.165, 1.54) is 11.3 Å². The Morgan fingerprint density at radius 2 is 1.90 bits per heavy atom. The summed E-state index contributed by atoms with van der Waals surface area (Å²) in [7, 11) is 1.63. The lowest BCUT2D eigenvalue weighted by Crippen LogP contribution is -2.14. The summed E-state index contributed by atoms with van der Waals surface area (Å²) in [6.07, 6.45) is 0.380. The highest BCUT2D eigenvalue weighted by Crippen LogP contribution is 2.27. The van der Waals surface area contributed by atoms with Gasteiger partial charge in [0.25, 0.3) is 5.91 Å². The van der Waals surface area contributed by atoms with Crippen LogP contribution in [0.15, 0.2) is 53.4 Å². The number of thiazole rings is 1. The second kappa shape index (κ2) is 9.58. The molecule has 3 aromatic rings. The maximum atomic E-state index is 12.9. The fraction of sp³-hybridized carbons (Fsp3) is 0.261. The van der Waals surface area contributed by atoms with Gasteiger partial charge in [0.1, 0.15) is 5.69 Å². The number of hydrogen-bond acceptors (Lipinski definition) is 5. The number of rotatable bonds is 8. The second-order valence-electron chi connectivity index (χ2n) is 7.18. The standard InChI is InChI=1S/C23H24N2O3S/c1-15-4-6-17(7-5-15)18-9-19(22(26)8-16(2)12-28-3)11-20(10-18)25-23(27)21-13-29-14-24-21/h4-7,9-11,13-14,16H,8,12H2,1-3H3,(H,25,27). The van der Waals surface area contributed by atoms with Gasteiger partial charge in [-0.25, -0.2) is 4.98 Å². The number of nitrogens with zero attached hydrogens (tertiary/aromatic N) is 1. The molecule has 0 aliphatic carbocycles. The van der Waals surface area contributed by atoms with Crippen molar-refractivity contribution in [2.24, 2.45) is 5.92 Å². The number of carbonyl (C=O) groups excluding carboxylic acids is 2. The van der Waals surface area contributed by atoms with Crippen LogP contribution in [-0.2, 0) is 4.74 Å². The van der Waals surface area contributed by atoms with Gasteiger partial charge in [0.2, 0.25) is 0 Å². The zero-order valence-corrected chi connectivity index (χ0v) is 17.6. The third-order valence-electron chi connectivity index (χ3n) is 4.55. The van der Waals surface area contributed by atoms with Crippen LogP contribution in [0.4, 0.5) is 5.69 Å². The lowest BCUT2D eigenvalue weighted by atomic mass is 9.95. The highest BCUT2D eigenvalue weighted by molar-refractivity contribution is 7.07. The number of nitrogens with one attached hydrogen (secondary N) is 1. The lowest BCUT2D eigenvalue weighted by molar-refractivity contribution is 0.0919. The molecule has 0 radical (unpaired) electrons. The molecule has 1 aromatic heterocycles. The summed E-state index contributed by atoms with van der Waals surface area (Å²) < 4.78 is 5.15. The number of aryl methyl sites for hydroxylation is 1. The number of methoxy groups -OCH3 is 1. The Morgan fingerprint density at radius 3 is 2.55 bits per heavy atom. The number of hydrogen-bond donors (Lipinski definition) is 1. The smallest absolute Gasteiger partial charge is 0.275 e. The normalized spacial score (nSPS) is 11.8. The number of amides is 1. The largest absolute Gasteiger partial charge is 0.384 e. The third-order valence-corrected chi connectivity index (χ3v) is 5.13. The maximum absolute atomic E-state index is 12.9. The fourth-order valence-corrected chi connectivity index (χ4v) is 3.60. The molecule has 0 saturated heterocycles. The molecule has 0 fully saturated rings. The van der Waals surface area contributed by atoms with Gasteiger partial charge in [0.05, 0.1) is 5.51 Å². The van der Waals surface area contributed by atoms with Gasteiger partial charge in [-0.3, -0.25) is 9.59 Å². The van der Waals surface area contributed by atoms with E-state index in [0.29, 0.717) is 30.0 Å². The number of carbonyl (C=O) groups is 2. The van der Waals surface area contributed by atoms with Crippen LogP contribution in [0.25, 0.3) is 11.1 Å². The van der Waals surface area contributed by atoms with Gasteiger partial charge in [0, 0.05) is 36.8 Å². The van der Waals surface area contributed by atoms with Crippen molar-refractivity contribution in [2.45, 2.75) is 20.3 Å². The first kappa shape index (κ1) is 20.9. The molecule has 1 heterocycles. The zero-order valence-electron chi connectivity index (χ0n) is 16.8. The summed E-state index contributed by atoms with van der Waals surface area (Å²) in [6, 6.07) is 13.6. The lowest BCUT2D eigenvalue weighted by Gasteiger charge is -2.13. The molecule has 1 amide bonds. The van der Waals surface area contributed by atoms with Gasteiger partial charge >= 0.3 is 0 Å². The topological polar surface area (TPSA) is 68.3 Å². The van der Waals surface area contributed by atoms with Crippen molar-refractivity contribution in [3.63, 3.8) is 0 Å². The van der Waals surface area contributed by atoms with Crippen LogP contribution >= 0.6 is 11.3 Å². The van der Waals surface area contributed by atoms with Crippen molar-refractivity contribution in [3.8, 4) is 11.1 Å². The van der Waals surface area contributed by atoms with E-state index in [9.17, 15) is 9.59 Å². The summed E-state index contributed by atoms with van der Waals surface area (Å²) in [5.74, 6) is -0.158. The summed E-state index contributed by atoms with van der Waals surface area (Å²) in [5, 5.41) is 4.56. The predicted octanol–water partition coefficient (Wildman–Crippen LogP) is 5.23. The summed E-state index contributed by atoms with van der Waals surface area (Å²) >= 11 is 1.36. The average molecular weight is 409 g/mol. The Kier molecular flexibility index (Phi) is 6.90. The van der Waals surface area contributed by atoms with Crippen LogP contribution in [0.3, 0.4) is 0 Å². The average Bonchev–Trinajstić information content (AvgIpc) is 3.23. The molecule has 0 spiro atoms. The molecule has 2 aromatic carbocycles. The summed E-state index contributed by atoms with van der Waals surface area (Å²) in [4.78, 5) is 29.3. The first-order chi connectivity index (χ1) is 14.0. The molecule has 5 nitrogen and oxygen atoms in total. The summed E-state index contributed by atoms with van der Waals surface area (Å²) in [6.45, 7) is 4.54. The van der Waals surface area contributed by atoms with Crippen molar-refractivity contribution in [1.82, 2.24) is 4.98 Å². The third kappa shape index (κ3) is 5.59. The van der Waals surface area contributed by atoms with Crippen LogP contribution in [0.5, 0.6) is 0 Å². The van der Waals surface area contributed by atoms with Gasteiger partial charge < -0.3 is 10.1 Å². The maximum Gasteiger partial charge on any atom is 0.275 e. The van der Waals surface area contributed by atoms with Crippen LogP contribution in [0, 0.1) is 12.8 Å². The predicted molar refractivity (Wildman–Crippen MR) is 117 cm³/mol. The Balaban J connectivity index is 1.94. The molecule has 1 N–H and O–H groups in total. The van der Waals surface area contributed by atoms with E-state index in [-0.39, 0.29) is 17.6 Å². The van der Waals surface area contributed by atoms with E-state index < -0.39 is 0 Å². The van der Waals surface area contributed by atoms with Crippen LogP contribution in [0.1, 0.15) is 39.8 Å². The van der Waals surface area contributed by atoms with Crippen LogP contribution in [-0.4, -0.2) is 30.4 Å². The van der Waals surface area contributed by atoms with Gasteiger partial charge in [-0.2, -0.15) is 0 Å². The van der Waals surface area contributed by atoms with Crippen LogP contribution in [0.2, 0.25) is 0 Å². The molecular weight excluding hydrogens is 384 g/mol. The minimum atomic E-state index is -0.293. The van der Waals surface area contributed by atoms with E-state index in [0.717, 1.165) is 16.7 Å². The van der Waals surface area contributed by atoms with Gasteiger partial charge in [-0.1, -0.05) is 36.8 Å². The Hall–Kier alpha value is -2.83. The van der Waals surface area contributed by atoms with Crippen LogP contribution < -0.4 is 5.32 Å². The molecule has 0 aliphatic rings. The molecule has 0 aliphatic heterocycles. The van der Waals surface area contributed by atoms with E-state index in [2.05, 4.69) is 10.3 Å². The molecule has 0 bridgehead atoms. The number of Topliss-reactive ketones (excluding diaryl/α,β-unsaturated/α-hetero) is 1. The first-order valence-corrected chi connectivity index (χ1v) is 10.3. The SMILES string of the molecule is COCC(C)CC(=O)c1cc(NC(=O)c2cscn2)cc(-c2ccc(C)cc2)c1. The number of benzene rings is 2. The van der Waals surface area contributed by atoms with E-state index in [4.69, 9.17) is 4.74 Å². The highest BCUT2D eigenvalue weighted by Gasteiger charge is 2.15. The van der Waals surface area contributed by atoms with Crippen molar-refractivity contribution < 1.29 is 14.3 Å². The molecule has 1 unspecified atom stereocenters. The summed E-state index contributed by atoms with van der Waals surface area (Å²) in [5.41, 5.74) is 6.14. The molecular formula is C23H24N2O3S. The number of aromatic nitrogens is 1.